The third-order valence-electron chi connectivity index (χ3n) is 3.14. The fourth-order valence-electron chi connectivity index (χ4n) is 2.10. The third kappa shape index (κ3) is 3.15. The average molecular weight is 301 g/mol. The highest BCUT2D eigenvalue weighted by atomic mass is 19.1. The van der Waals surface area contributed by atoms with E-state index < -0.39 is 11.6 Å². The maximum absolute atomic E-state index is 13.6. The molecule has 2 aromatic heterocycles. The van der Waals surface area contributed by atoms with Crippen LogP contribution < -0.4 is 5.32 Å². The van der Waals surface area contributed by atoms with Crippen molar-refractivity contribution < 1.29 is 8.78 Å². The first-order chi connectivity index (χ1) is 10.7. The Balaban J connectivity index is 1.71. The number of benzene rings is 1. The smallest absolute Gasteiger partial charge is 0.159 e. The maximum atomic E-state index is 13.6. The number of hydrogen-bond donors (Lipinski definition) is 1. The fraction of sp³-hybridized carbons (Fsp3) is 0.133. The zero-order valence-corrected chi connectivity index (χ0v) is 11.6. The van der Waals surface area contributed by atoms with Crippen LogP contribution in [0, 0.1) is 11.6 Å². The second-order valence-corrected chi connectivity index (χ2v) is 4.67. The number of hydrogen-bond acceptors (Lipinski definition) is 4. The molecule has 3 rings (SSSR count). The van der Waals surface area contributed by atoms with E-state index >= 15 is 0 Å². The summed E-state index contributed by atoms with van der Waals surface area (Å²) < 4.78 is 28.2. The maximum Gasteiger partial charge on any atom is 0.159 e. The molecule has 1 N–H and O–H groups in total. The quantitative estimate of drug-likeness (QED) is 0.785. The minimum absolute atomic E-state index is 0.218. The highest BCUT2D eigenvalue weighted by Gasteiger charge is 2.07. The molecule has 7 heteroatoms. The van der Waals surface area contributed by atoms with Crippen molar-refractivity contribution in [1.82, 2.24) is 25.1 Å². The standard InChI is InChI=1S/C15H13F2N5/c16-13-3-4-14(17)12(6-13)8-18-7-11-2-1-5-20-15(11)22-10-19-9-21-22/h1-6,9-10,18H,7-8H2. The third-order valence-corrected chi connectivity index (χ3v) is 3.14. The van der Waals surface area contributed by atoms with Gasteiger partial charge in [0.1, 0.15) is 24.3 Å². The predicted molar refractivity (Wildman–Crippen MR) is 76.1 cm³/mol. The van der Waals surface area contributed by atoms with Crippen molar-refractivity contribution in [3.8, 4) is 5.82 Å². The normalized spacial score (nSPS) is 10.8. The van der Waals surface area contributed by atoms with E-state index in [1.807, 2.05) is 6.07 Å². The molecule has 0 unspecified atom stereocenters. The molecule has 0 saturated heterocycles. The van der Waals surface area contributed by atoms with Crippen molar-refractivity contribution in [1.29, 1.82) is 0 Å². The zero-order chi connectivity index (χ0) is 15.4. The van der Waals surface area contributed by atoms with Gasteiger partial charge in [-0.2, -0.15) is 5.10 Å². The molecule has 0 aliphatic heterocycles. The summed E-state index contributed by atoms with van der Waals surface area (Å²) in [6.07, 6.45) is 4.64. The molecule has 112 valence electrons. The highest BCUT2D eigenvalue weighted by Crippen LogP contribution is 2.12. The molecule has 0 radical (unpaired) electrons. The Kier molecular flexibility index (Phi) is 4.15. The predicted octanol–water partition coefficient (Wildman–Crippen LogP) is 2.23. The molecule has 0 atom stereocenters. The van der Waals surface area contributed by atoms with Gasteiger partial charge in [-0.05, 0) is 24.3 Å². The van der Waals surface area contributed by atoms with Gasteiger partial charge in [-0.1, -0.05) is 6.07 Å². The first-order valence-corrected chi connectivity index (χ1v) is 6.67. The largest absolute Gasteiger partial charge is 0.308 e. The molecule has 0 saturated carbocycles. The lowest BCUT2D eigenvalue weighted by molar-refractivity contribution is 0.568. The number of aromatic nitrogens is 4. The van der Waals surface area contributed by atoms with Crippen LogP contribution in [-0.2, 0) is 13.1 Å². The van der Waals surface area contributed by atoms with E-state index in [9.17, 15) is 8.78 Å². The molecule has 0 aliphatic rings. The van der Waals surface area contributed by atoms with Crippen molar-refractivity contribution in [2.45, 2.75) is 13.1 Å². The fourth-order valence-corrected chi connectivity index (χ4v) is 2.10. The number of halogens is 2. The molecule has 0 fully saturated rings. The summed E-state index contributed by atoms with van der Waals surface area (Å²) in [5.74, 6) is -0.244. The van der Waals surface area contributed by atoms with Gasteiger partial charge in [0.05, 0.1) is 0 Å². The average Bonchev–Trinajstić information content (AvgIpc) is 3.05. The highest BCUT2D eigenvalue weighted by molar-refractivity contribution is 5.32. The summed E-state index contributed by atoms with van der Waals surface area (Å²) in [5, 5.41) is 7.12. The van der Waals surface area contributed by atoms with Crippen molar-refractivity contribution in [3.05, 3.63) is 71.9 Å². The van der Waals surface area contributed by atoms with Gasteiger partial charge in [0.15, 0.2) is 5.82 Å². The molecular weight excluding hydrogens is 288 g/mol. The van der Waals surface area contributed by atoms with E-state index in [0.717, 1.165) is 17.7 Å². The summed E-state index contributed by atoms with van der Waals surface area (Å²) in [6, 6.07) is 7.10. The first kappa shape index (κ1) is 14.3. The Morgan fingerprint density at radius 1 is 1.09 bits per heavy atom. The topological polar surface area (TPSA) is 55.6 Å². The second kappa shape index (κ2) is 6.40. The van der Waals surface area contributed by atoms with Gasteiger partial charge in [-0.3, -0.25) is 0 Å². The van der Waals surface area contributed by atoms with Gasteiger partial charge < -0.3 is 5.32 Å². The Morgan fingerprint density at radius 2 is 1.95 bits per heavy atom. The molecule has 1 aromatic carbocycles. The SMILES string of the molecule is Fc1ccc(F)c(CNCc2cccnc2-n2cncn2)c1. The Labute approximate surface area is 125 Å². The van der Waals surface area contributed by atoms with E-state index in [2.05, 4.69) is 20.4 Å². The minimum atomic E-state index is -0.456. The second-order valence-electron chi connectivity index (χ2n) is 4.67. The van der Waals surface area contributed by atoms with Crippen LogP contribution in [0.1, 0.15) is 11.1 Å². The lowest BCUT2D eigenvalue weighted by atomic mass is 10.2. The molecule has 0 bridgehead atoms. The molecule has 2 heterocycles. The number of rotatable bonds is 5. The van der Waals surface area contributed by atoms with E-state index in [4.69, 9.17) is 0 Å². The van der Waals surface area contributed by atoms with Crippen molar-refractivity contribution in [2.75, 3.05) is 0 Å². The monoisotopic (exact) mass is 301 g/mol. The lowest BCUT2D eigenvalue weighted by Crippen LogP contribution is -2.16. The van der Waals surface area contributed by atoms with Crippen molar-refractivity contribution in [3.63, 3.8) is 0 Å². The van der Waals surface area contributed by atoms with E-state index in [1.165, 1.54) is 12.4 Å². The van der Waals surface area contributed by atoms with Gasteiger partial charge in [0.25, 0.3) is 0 Å². The first-order valence-electron chi connectivity index (χ1n) is 6.67. The summed E-state index contributed by atoms with van der Waals surface area (Å²) in [5.41, 5.74) is 1.16. The molecule has 0 aliphatic carbocycles. The minimum Gasteiger partial charge on any atom is -0.308 e. The molecule has 0 amide bonds. The molecule has 22 heavy (non-hydrogen) atoms. The van der Waals surface area contributed by atoms with Crippen molar-refractivity contribution in [2.24, 2.45) is 0 Å². The molecule has 5 nitrogen and oxygen atoms in total. The Bertz CT molecular complexity index is 758. The Hall–Kier alpha value is -2.67. The van der Waals surface area contributed by atoms with Crippen LogP contribution in [0.15, 0.2) is 49.2 Å². The molecular formula is C15H13F2N5. The molecule has 0 spiro atoms. The van der Waals surface area contributed by atoms with Crippen LogP contribution in [0.25, 0.3) is 5.82 Å². The van der Waals surface area contributed by atoms with Gasteiger partial charge in [0.2, 0.25) is 0 Å². The summed E-state index contributed by atoms with van der Waals surface area (Å²) >= 11 is 0. The van der Waals surface area contributed by atoms with Crippen molar-refractivity contribution >= 4 is 0 Å². The Morgan fingerprint density at radius 3 is 2.77 bits per heavy atom. The van der Waals surface area contributed by atoms with Gasteiger partial charge in [-0.25, -0.2) is 23.4 Å². The summed E-state index contributed by atoms with van der Waals surface area (Å²) in [4.78, 5) is 8.15. The van der Waals surface area contributed by atoms with E-state index in [1.54, 1.807) is 23.3 Å². The zero-order valence-electron chi connectivity index (χ0n) is 11.6. The lowest BCUT2D eigenvalue weighted by Gasteiger charge is -2.09. The summed E-state index contributed by atoms with van der Waals surface area (Å²) in [7, 11) is 0. The molecule has 3 aromatic rings. The van der Waals surface area contributed by atoms with Gasteiger partial charge in [-0.15, -0.1) is 0 Å². The number of nitrogens with one attached hydrogen (secondary N) is 1. The van der Waals surface area contributed by atoms with E-state index in [-0.39, 0.29) is 12.1 Å². The van der Waals surface area contributed by atoms with Crippen LogP contribution in [0.5, 0.6) is 0 Å². The number of pyridine rings is 1. The van der Waals surface area contributed by atoms with Gasteiger partial charge >= 0.3 is 0 Å². The van der Waals surface area contributed by atoms with Gasteiger partial charge in [0, 0.05) is 30.4 Å². The van der Waals surface area contributed by atoms with Crippen LogP contribution >= 0.6 is 0 Å². The van der Waals surface area contributed by atoms with Crippen LogP contribution in [0.2, 0.25) is 0 Å². The van der Waals surface area contributed by atoms with Crippen LogP contribution in [0.3, 0.4) is 0 Å². The summed E-state index contributed by atoms with van der Waals surface area (Å²) in [6.45, 7) is 0.661. The number of nitrogens with zero attached hydrogens (tertiary/aromatic N) is 4. The van der Waals surface area contributed by atoms with Crippen LogP contribution in [-0.4, -0.2) is 19.7 Å². The van der Waals surface area contributed by atoms with Crippen LogP contribution in [0.4, 0.5) is 8.78 Å². The van der Waals surface area contributed by atoms with E-state index in [0.29, 0.717) is 12.4 Å².